The van der Waals surface area contributed by atoms with Gasteiger partial charge in [-0.2, -0.15) is 12.6 Å². The molecule has 0 atom stereocenters. The van der Waals surface area contributed by atoms with Gasteiger partial charge in [-0.15, -0.1) is 0 Å². The van der Waals surface area contributed by atoms with Gasteiger partial charge < -0.3 is 4.74 Å². The van der Waals surface area contributed by atoms with Crippen LogP contribution in [-0.4, -0.2) is 12.4 Å². The molecule has 0 aliphatic heterocycles. The van der Waals surface area contributed by atoms with Gasteiger partial charge in [-0.3, -0.25) is 0 Å². The highest BCUT2D eigenvalue weighted by atomic mass is 32.1. The Kier molecular flexibility index (Phi) is 3.48. The number of rotatable bonds is 3. The van der Waals surface area contributed by atoms with Crippen LogP contribution in [0, 0.1) is 13.8 Å². The van der Waals surface area contributed by atoms with Gasteiger partial charge in [-0.1, -0.05) is 18.2 Å². The van der Waals surface area contributed by atoms with Crippen molar-refractivity contribution in [3.8, 4) is 5.75 Å². The molecule has 12 heavy (non-hydrogen) atoms. The fourth-order valence-electron chi connectivity index (χ4n) is 1.17. The lowest BCUT2D eigenvalue weighted by molar-refractivity contribution is 0.339. The number of hydrogen-bond acceptors (Lipinski definition) is 2. The predicted octanol–water partition coefficient (Wildman–Crippen LogP) is 2.61. The monoisotopic (exact) mass is 182 g/mol. The first-order valence-corrected chi connectivity index (χ1v) is 4.69. The van der Waals surface area contributed by atoms with Crippen molar-refractivity contribution in [2.24, 2.45) is 0 Å². The molecule has 0 bridgehead atoms. The lowest BCUT2D eigenvalue weighted by Gasteiger charge is -2.10. The van der Waals surface area contributed by atoms with E-state index in [1.165, 1.54) is 11.1 Å². The molecule has 0 radical (unpaired) electrons. The van der Waals surface area contributed by atoms with Crippen LogP contribution >= 0.6 is 12.6 Å². The van der Waals surface area contributed by atoms with Gasteiger partial charge in [-0.05, 0) is 25.0 Å². The van der Waals surface area contributed by atoms with Crippen LogP contribution in [0.25, 0.3) is 0 Å². The summed E-state index contributed by atoms with van der Waals surface area (Å²) >= 11 is 4.09. The van der Waals surface area contributed by atoms with E-state index in [0.29, 0.717) is 6.61 Å². The highest BCUT2D eigenvalue weighted by Crippen LogP contribution is 2.21. The van der Waals surface area contributed by atoms with Gasteiger partial charge in [-0.25, -0.2) is 0 Å². The summed E-state index contributed by atoms with van der Waals surface area (Å²) in [6.07, 6.45) is 0. The molecule has 0 aliphatic rings. The second-order valence-corrected chi connectivity index (χ2v) is 3.24. The molecule has 0 saturated carbocycles. The second kappa shape index (κ2) is 4.41. The van der Waals surface area contributed by atoms with E-state index in [-0.39, 0.29) is 0 Å². The van der Waals surface area contributed by atoms with Gasteiger partial charge in [0, 0.05) is 5.75 Å². The standard InChI is InChI=1S/C10H14OS/c1-8-4-3-5-9(2)10(8)11-6-7-12/h3-5,12H,6-7H2,1-2H3. The van der Waals surface area contributed by atoms with Crippen LogP contribution in [0.1, 0.15) is 11.1 Å². The molecule has 1 aromatic carbocycles. The van der Waals surface area contributed by atoms with E-state index in [4.69, 9.17) is 4.74 Å². The SMILES string of the molecule is Cc1cccc(C)c1OCCS. The Morgan fingerprint density at radius 3 is 2.33 bits per heavy atom. The van der Waals surface area contributed by atoms with Crippen LogP contribution in [0.2, 0.25) is 0 Å². The van der Waals surface area contributed by atoms with Crippen molar-refractivity contribution in [3.05, 3.63) is 29.3 Å². The summed E-state index contributed by atoms with van der Waals surface area (Å²) < 4.78 is 5.54. The van der Waals surface area contributed by atoms with E-state index in [9.17, 15) is 0 Å². The van der Waals surface area contributed by atoms with E-state index in [0.717, 1.165) is 11.5 Å². The zero-order valence-electron chi connectivity index (χ0n) is 7.50. The summed E-state index contributed by atoms with van der Waals surface area (Å²) in [7, 11) is 0. The van der Waals surface area contributed by atoms with E-state index < -0.39 is 0 Å². The number of para-hydroxylation sites is 1. The summed E-state index contributed by atoms with van der Waals surface area (Å²) in [5.41, 5.74) is 2.38. The van der Waals surface area contributed by atoms with Gasteiger partial charge >= 0.3 is 0 Å². The molecular weight excluding hydrogens is 168 g/mol. The maximum atomic E-state index is 5.54. The quantitative estimate of drug-likeness (QED) is 0.707. The minimum atomic E-state index is 0.675. The molecule has 0 aromatic heterocycles. The maximum Gasteiger partial charge on any atom is 0.125 e. The van der Waals surface area contributed by atoms with Crippen LogP contribution in [0.5, 0.6) is 5.75 Å². The molecule has 0 heterocycles. The molecule has 0 amide bonds. The van der Waals surface area contributed by atoms with Crippen molar-refractivity contribution in [2.75, 3.05) is 12.4 Å². The Hall–Kier alpha value is -0.630. The summed E-state index contributed by atoms with van der Waals surface area (Å²) in [5, 5.41) is 0. The average Bonchev–Trinajstić information content (AvgIpc) is 2.04. The zero-order valence-corrected chi connectivity index (χ0v) is 8.40. The lowest BCUT2D eigenvalue weighted by Crippen LogP contribution is -2.01. The zero-order chi connectivity index (χ0) is 8.97. The van der Waals surface area contributed by atoms with Gasteiger partial charge in [0.25, 0.3) is 0 Å². The Morgan fingerprint density at radius 2 is 1.83 bits per heavy atom. The Balaban J connectivity index is 2.81. The van der Waals surface area contributed by atoms with Gasteiger partial charge in [0.15, 0.2) is 0 Å². The molecule has 0 spiro atoms. The van der Waals surface area contributed by atoms with E-state index >= 15 is 0 Å². The van der Waals surface area contributed by atoms with Gasteiger partial charge in [0.05, 0.1) is 6.61 Å². The van der Waals surface area contributed by atoms with Crippen molar-refractivity contribution in [3.63, 3.8) is 0 Å². The third-order valence-corrected chi connectivity index (χ3v) is 1.93. The summed E-state index contributed by atoms with van der Waals surface area (Å²) in [4.78, 5) is 0. The number of ether oxygens (including phenoxy) is 1. The Morgan fingerprint density at radius 1 is 1.25 bits per heavy atom. The van der Waals surface area contributed by atoms with Gasteiger partial charge in [0.1, 0.15) is 5.75 Å². The van der Waals surface area contributed by atoms with Crippen LogP contribution < -0.4 is 4.74 Å². The van der Waals surface area contributed by atoms with Crippen molar-refractivity contribution in [1.29, 1.82) is 0 Å². The molecule has 0 aliphatic carbocycles. The topological polar surface area (TPSA) is 9.23 Å². The molecule has 0 unspecified atom stereocenters. The fourth-order valence-corrected chi connectivity index (χ4v) is 1.27. The molecule has 1 rings (SSSR count). The van der Waals surface area contributed by atoms with E-state index in [1.807, 2.05) is 6.07 Å². The minimum Gasteiger partial charge on any atom is -0.492 e. The number of aryl methyl sites for hydroxylation is 2. The summed E-state index contributed by atoms with van der Waals surface area (Å²) in [6.45, 7) is 4.79. The predicted molar refractivity (Wildman–Crippen MR) is 55.3 cm³/mol. The average molecular weight is 182 g/mol. The second-order valence-electron chi connectivity index (χ2n) is 2.79. The third-order valence-electron chi connectivity index (χ3n) is 1.75. The Labute approximate surface area is 79.2 Å². The number of hydrogen-bond donors (Lipinski definition) is 1. The van der Waals surface area contributed by atoms with Crippen LogP contribution in [-0.2, 0) is 0 Å². The van der Waals surface area contributed by atoms with Crippen molar-refractivity contribution in [1.82, 2.24) is 0 Å². The smallest absolute Gasteiger partial charge is 0.125 e. The number of benzene rings is 1. The minimum absolute atomic E-state index is 0.675. The summed E-state index contributed by atoms with van der Waals surface area (Å²) in [5.74, 6) is 1.76. The largest absolute Gasteiger partial charge is 0.492 e. The van der Waals surface area contributed by atoms with Crippen molar-refractivity contribution < 1.29 is 4.74 Å². The summed E-state index contributed by atoms with van der Waals surface area (Å²) in [6, 6.07) is 6.15. The van der Waals surface area contributed by atoms with E-state index in [2.05, 4.69) is 38.6 Å². The first kappa shape index (κ1) is 9.46. The maximum absolute atomic E-state index is 5.54. The molecule has 1 aromatic rings. The molecule has 0 N–H and O–H groups in total. The molecule has 2 heteroatoms. The van der Waals surface area contributed by atoms with Crippen LogP contribution in [0.3, 0.4) is 0 Å². The first-order chi connectivity index (χ1) is 5.75. The highest BCUT2D eigenvalue weighted by molar-refractivity contribution is 7.80. The van der Waals surface area contributed by atoms with Crippen LogP contribution in [0.4, 0.5) is 0 Å². The van der Waals surface area contributed by atoms with E-state index in [1.54, 1.807) is 0 Å². The molecular formula is C10H14OS. The van der Waals surface area contributed by atoms with Crippen molar-refractivity contribution >= 4 is 12.6 Å². The van der Waals surface area contributed by atoms with Gasteiger partial charge in [0.2, 0.25) is 0 Å². The van der Waals surface area contributed by atoms with Crippen molar-refractivity contribution in [2.45, 2.75) is 13.8 Å². The first-order valence-electron chi connectivity index (χ1n) is 4.05. The number of thiol groups is 1. The highest BCUT2D eigenvalue weighted by Gasteiger charge is 2.01. The van der Waals surface area contributed by atoms with Crippen LogP contribution in [0.15, 0.2) is 18.2 Å². The fraction of sp³-hybridized carbons (Fsp3) is 0.400. The molecule has 0 saturated heterocycles. The Bertz CT molecular complexity index is 238. The third kappa shape index (κ3) is 2.18. The normalized spacial score (nSPS) is 9.92. The lowest BCUT2D eigenvalue weighted by atomic mass is 10.1. The molecule has 66 valence electrons. The molecule has 1 nitrogen and oxygen atoms in total. The molecule has 0 fully saturated rings.